The molecule has 21 heavy (non-hydrogen) atoms. The third-order valence-electron chi connectivity index (χ3n) is 3.64. The Balaban J connectivity index is 2.62. The first-order chi connectivity index (χ1) is 9.85. The van der Waals surface area contributed by atoms with Gasteiger partial charge in [-0.2, -0.15) is 0 Å². The van der Waals surface area contributed by atoms with E-state index < -0.39 is 0 Å². The highest BCUT2D eigenvalue weighted by atomic mass is 16.6. The average molecular weight is 294 g/mol. The lowest BCUT2D eigenvalue weighted by atomic mass is 9.94. The molecule has 0 aliphatic rings. The zero-order chi connectivity index (χ0) is 16.0. The van der Waals surface area contributed by atoms with Crippen LogP contribution in [-0.4, -0.2) is 36.4 Å². The summed E-state index contributed by atoms with van der Waals surface area (Å²) in [6.07, 6.45) is 0. The lowest BCUT2D eigenvalue weighted by molar-refractivity contribution is -0.488. The van der Waals surface area contributed by atoms with Gasteiger partial charge >= 0.3 is 0 Å². The van der Waals surface area contributed by atoms with Gasteiger partial charge in [0.1, 0.15) is 5.75 Å². The molecule has 116 valence electrons. The second-order valence-electron chi connectivity index (χ2n) is 5.32. The van der Waals surface area contributed by atoms with Crippen molar-refractivity contribution >= 4 is 5.91 Å². The fourth-order valence-corrected chi connectivity index (χ4v) is 2.07. The van der Waals surface area contributed by atoms with Crippen molar-refractivity contribution in [2.45, 2.75) is 20.4 Å². The third-order valence-corrected chi connectivity index (χ3v) is 3.64. The normalized spacial score (nSPS) is 13.3. The van der Waals surface area contributed by atoms with Crippen LogP contribution in [0.15, 0.2) is 24.3 Å². The summed E-state index contributed by atoms with van der Waals surface area (Å²) in [7, 11) is 3.31. The smallest absolute Gasteiger partial charge is 0.225 e. The van der Waals surface area contributed by atoms with Crippen LogP contribution in [0.3, 0.4) is 0 Å². The first-order valence-corrected chi connectivity index (χ1v) is 6.84. The van der Waals surface area contributed by atoms with Gasteiger partial charge < -0.3 is 9.64 Å². The number of ether oxygens (including phenoxy) is 1. The van der Waals surface area contributed by atoms with Gasteiger partial charge in [-0.15, -0.1) is 0 Å². The summed E-state index contributed by atoms with van der Waals surface area (Å²) in [5, 5.41) is 10.5. The quantitative estimate of drug-likeness (QED) is 0.571. The Morgan fingerprint density at radius 2 is 1.90 bits per heavy atom. The van der Waals surface area contributed by atoms with Crippen molar-refractivity contribution in [3.05, 3.63) is 39.9 Å². The number of methoxy groups -OCH3 is 1. The van der Waals surface area contributed by atoms with E-state index in [4.69, 9.17) is 4.74 Å². The molecule has 0 bridgehead atoms. The standard InChI is InChI=1S/C15H22N2O4/c1-11(9-17(19)20)12(2)15(18)16(3)10-13-5-7-14(21-4)8-6-13/h5-8,11-12H,9-10H2,1-4H3. The van der Waals surface area contributed by atoms with Gasteiger partial charge in [-0.25, -0.2) is 0 Å². The number of hydrogen-bond donors (Lipinski definition) is 0. The fraction of sp³-hybridized carbons (Fsp3) is 0.533. The largest absolute Gasteiger partial charge is 0.497 e. The molecular weight excluding hydrogens is 272 g/mol. The van der Waals surface area contributed by atoms with Crippen molar-refractivity contribution in [3.8, 4) is 5.75 Å². The minimum atomic E-state index is -0.377. The lowest BCUT2D eigenvalue weighted by Gasteiger charge is -2.23. The molecule has 1 rings (SSSR count). The highest BCUT2D eigenvalue weighted by Gasteiger charge is 2.26. The second kappa shape index (κ2) is 7.61. The van der Waals surface area contributed by atoms with E-state index in [-0.39, 0.29) is 29.2 Å². The molecule has 0 spiro atoms. The number of hydrogen-bond acceptors (Lipinski definition) is 4. The van der Waals surface area contributed by atoms with Gasteiger partial charge in [0.2, 0.25) is 12.5 Å². The number of carbonyl (C=O) groups is 1. The molecule has 0 aliphatic heterocycles. The number of carbonyl (C=O) groups excluding carboxylic acids is 1. The second-order valence-corrected chi connectivity index (χ2v) is 5.32. The van der Waals surface area contributed by atoms with Crippen LogP contribution in [0.25, 0.3) is 0 Å². The van der Waals surface area contributed by atoms with Crippen molar-refractivity contribution in [1.82, 2.24) is 4.90 Å². The van der Waals surface area contributed by atoms with Crippen LogP contribution >= 0.6 is 0 Å². The van der Waals surface area contributed by atoms with Gasteiger partial charge in [-0.05, 0) is 17.7 Å². The first kappa shape index (κ1) is 16.9. The van der Waals surface area contributed by atoms with E-state index in [0.717, 1.165) is 11.3 Å². The lowest BCUT2D eigenvalue weighted by Crippen LogP contribution is -2.36. The topological polar surface area (TPSA) is 72.7 Å². The molecule has 0 saturated carbocycles. The molecule has 0 aromatic heterocycles. The fourth-order valence-electron chi connectivity index (χ4n) is 2.07. The molecule has 0 aliphatic carbocycles. The molecule has 0 N–H and O–H groups in total. The summed E-state index contributed by atoms with van der Waals surface area (Å²) in [6, 6.07) is 7.47. The summed E-state index contributed by atoms with van der Waals surface area (Å²) in [4.78, 5) is 24.0. The summed E-state index contributed by atoms with van der Waals surface area (Å²) in [5.74, 6) is 0.0188. The number of benzene rings is 1. The summed E-state index contributed by atoms with van der Waals surface area (Å²) in [5.41, 5.74) is 0.987. The van der Waals surface area contributed by atoms with Crippen molar-refractivity contribution < 1.29 is 14.5 Å². The number of nitro groups is 1. The molecule has 0 heterocycles. The molecule has 1 amide bonds. The summed E-state index contributed by atoms with van der Waals surface area (Å²) < 4.78 is 5.08. The van der Waals surface area contributed by atoms with Crippen molar-refractivity contribution in [2.24, 2.45) is 11.8 Å². The minimum Gasteiger partial charge on any atom is -0.497 e. The molecule has 0 radical (unpaired) electrons. The Labute approximate surface area is 124 Å². The third kappa shape index (κ3) is 5.06. The van der Waals surface area contributed by atoms with Gasteiger partial charge in [0.15, 0.2) is 0 Å². The molecule has 2 unspecified atom stereocenters. The van der Waals surface area contributed by atoms with Crippen molar-refractivity contribution in [3.63, 3.8) is 0 Å². The number of nitrogens with zero attached hydrogens (tertiary/aromatic N) is 2. The van der Waals surface area contributed by atoms with Crippen LogP contribution in [-0.2, 0) is 11.3 Å². The Hall–Kier alpha value is -2.11. The maximum Gasteiger partial charge on any atom is 0.225 e. The Bertz CT molecular complexity index is 487. The molecule has 1 aromatic carbocycles. The van der Waals surface area contributed by atoms with Gasteiger partial charge in [0.25, 0.3) is 0 Å². The molecule has 0 fully saturated rings. The molecule has 2 atom stereocenters. The maximum atomic E-state index is 12.3. The SMILES string of the molecule is COc1ccc(CN(C)C(=O)C(C)C(C)C[N+](=O)[O-])cc1. The predicted octanol–water partition coefficient (Wildman–Crippen LogP) is 2.20. The van der Waals surface area contributed by atoms with Gasteiger partial charge in [0.05, 0.1) is 7.11 Å². The van der Waals surface area contributed by atoms with Crippen LogP contribution < -0.4 is 4.74 Å². The van der Waals surface area contributed by atoms with Crippen LogP contribution in [0, 0.1) is 22.0 Å². The van der Waals surface area contributed by atoms with Crippen LogP contribution in [0.1, 0.15) is 19.4 Å². The molecule has 6 nitrogen and oxygen atoms in total. The van der Waals surface area contributed by atoms with Crippen LogP contribution in [0.2, 0.25) is 0 Å². The van der Waals surface area contributed by atoms with Crippen LogP contribution in [0.5, 0.6) is 5.75 Å². The first-order valence-electron chi connectivity index (χ1n) is 6.84. The van der Waals surface area contributed by atoms with Crippen molar-refractivity contribution in [1.29, 1.82) is 0 Å². The van der Waals surface area contributed by atoms with E-state index in [2.05, 4.69) is 0 Å². The van der Waals surface area contributed by atoms with E-state index >= 15 is 0 Å². The zero-order valence-corrected chi connectivity index (χ0v) is 12.9. The number of rotatable bonds is 7. The van der Waals surface area contributed by atoms with E-state index in [0.29, 0.717) is 6.54 Å². The summed E-state index contributed by atoms with van der Waals surface area (Å²) >= 11 is 0. The molecule has 0 saturated heterocycles. The van der Waals surface area contributed by atoms with Gasteiger partial charge in [-0.3, -0.25) is 14.9 Å². The Kier molecular flexibility index (Phi) is 6.14. The van der Waals surface area contributed by atoms with E-state index in [1.165, 1.54) is 0 Å². The molecule has 6 heteroatoms. The number of amides is 1. The Morgan fingerprint density at radius 1 is 1.33 bits per heavy atom. The minimum absolute atomic E-state index is 0.0832. The van der Waals surface area contributed by atoms with Gasteiger partial charge in [-0.1, -0.05) is 26.0 Å². The van der Waals surface area contributed by atoms with Crippen LogP contribution in [0.4, 0.5) is 0 Å². The highest BCUT2D eigenvalue weighted by molar-refractivity contribution is 5.78. The van der Waals surface area contributed by atoms with Gasteiger partial charge in [0, 0.05) is 30.4 Å². The summed E-state index contributed by atoms with van der Waals surface area (Å²) in [6.45, 7) is 3.75. The zero-order valence-electron chi connectivity index (χ0n) is 12.9. The average Bonchev–Trinajstić information content (AvgIpc) is 2.45. The molecular formula is C15H22N2O4. The molecule has 1 aromatic rings. The monoisotopic (exact) mass is 294 g/mol. The van der Waals surface area contributed by atoms with E-state index in [9.17, 15) is 14.9 Å². The van der Waals surface area contributed by atoms with Crippen molar-refractivity contribution in [2.75, 3.05) is 20.7 Å². The highest BCUT2D eigenvalue weighted by Crippen LogP contribution is 2.17. The predicted molar refractivity (Wildman–Crippen MR) is 79.7 cm³/mol. The van der Waals surface area contributed by atoms with E-state index in [1.807, 2.05) is 24.3 Å². The maximum absolute atomic E-state index is 12.3. The Morgan fingerprint density at radius 3 is 2.38 bits per heavy atom. The van der Waals surface area contributed by atoms with E-state index in [1.54, 1.807) is 32.9 Å².